The van der Waals surface area contributed by atoms with Gasteiger partial charge in [0.1, 0.15) is 18.8 Å². The summed E-state index contributed by atoms with van der Waals surface area (Å²) in [5.41, 5.74) is -1.17. The maximum absolute atomic E-state index is 12.6. The SMILES string of the molecule is O=C(c1ccc(NCC2CCCC2)c([N+](=O)[O-])c1)N(CC(F)(F)F)CC(F)(F)F. The van der Waals surface area contributed by atoms with Gasteiger partial charge >= 0.3 is 12.4 Å². The average molecular weight is 427 g/mol. The van der Waals surface area contributed by atoms with Gasteiger partial charge in [0.05, 0.1) is 4.92 Å². The summed E-state index contributed by atoms with van der Waals surface area (Å²) in [5.74, 6) is -1.27. The van der Waals surface area contributed by atoms with Gasteiger partial charge in [-0.2, -0.15) is 26.3 Å². The Balaban J connectivity index is 2.24. The summed E-state index contributed by atoms with van der Waals surface area (Å²) < 4.78 is 75.6. The molecule has 162 valence electrons. The first-order chi connectivity index (χ1) is 13.4. The van der Waals surface area contributed by atoms with Crippen LogP contribution in [0.25, 0.3) is 0 Å². The summed E-state index contributed by atoms with van der Waals surface area (Å²) >= 11 is 0. The Kier molecular flexibility index (Phi) is 6.96. The van der Waals surface area contributed by atoms with E-state index in [2.05, 4.69) is 5.32 Å². The Morgan fingerprint density at radius 3 is 2.14 bits per heavy atom. The maximum Gasteiger partial charge on any atom is 0.406 e. The van der Waals surface area contributed by atoms with Gasteiger partial charge in [-0.05, 0) is 30.9 Å². The van der Waals surface area contributed by atoms with Gasteiger partial charge in [-0.3, -0.25) is 14.9 Å². The van der Waals surface area contributed by atoms with E-state index in [9.17, 15) is 41.3 Å². The zero-order valence-electron chi connectivity index (χ0n) is 15.1. The third-order valence-corrected chi connectivity index (χ3v) is 4.52. The van der Waals surface area contributed by atoms with E-state index in [1.165, 1.54) is 0 Å². The van der Waals surface area contributed by atoms with Crippen molar-refractivity contribution in [3.8, 4) is 0 Å². The number of halogens is 6. The molecule has 1 aromatic carbocycles. The largest absolute Gasteiger partial charge is 0.406 e. The normalized spacial score (nSPS) is 15.4. The van der Waals surface area contributed by atoms with E-state index in [0.717, 1.165) is 37.8 Å². The molecule has 0 aromatic heterocycles. The number of benzene rings is 1. The van der Waals surface area contributed by atoms with Crippen molar-refractivity contribution in [1.29, 1.82) is 0 Å². The number of nitrogens with zero attached hydrogens (tertiary/aromatic N) is 2. The first-order valence-corrected chi connectivity index (χ1v) is 8.81. The van der Waals surface area contributed by atoms with Crippen LogP contribution < -0.4 is 5.32 Å². The molecule has 1 aliphatic rings. The molecular weight excluding hydrogens is 408 g/mol. The van der Waals surface area contributed by atoms with Gasteiger partial charge in [-0.25, -0.2) is 0 Å². The molecule has 1 N–H and O–H groups in total. The number of nitro groups is 1. The highest BCUT2D eigenvalue weighted by atomic mass is 19.4. The predicted octanol–water partition coefficient (Wildman–Crippen LogP) is 4.76. The van der Waals surface area contributed by atoms with Crippen LogP contribution in [-0.4, -0.2) is 47.7 Å². The lowest BCUT2D eigenvalue weighted by Crippen LogP contribution is -2.44. The molecule has 2 rings (SSSR count). The van der Waals surface area contributed by atoms with Gasteiger partial charge in [0.25, 0.3) is 11.6 Å². The van der Waals surface area contributed by atoms with Gasteiger partial charge in [-0.1, -0.05) is 12.8 Å². The summed E-state index contributed by atoms with van der Waals surface area (Å²) in [5, 5.41) is 14.2. The second kappa shape index (κ2) is 8.87. The Bertz CT molecular complexity index is 729. The first kappa shape index (κ1) is 22.8. The molecule has 1 aromatic rings. The first-order valence-electron chi connectivity index (χ1n) is 8.81. The number of rotatable bonds is 7. The van der Waals surface area contributed by atoms with Gasteiger partial charge in [0, 0.05) is 18.2 Å². The number of anilines is 1. The third kappa shape index (κ3) is 7.09. The van der Waals surface area contributed by atoms with Crippen LogP contribution in [0, 0.1) is 16.0 Å². The highest BCUT2D eigenvalue weighted by Gasteiger charge is 2.40. The second-order valence-corrected chi connectivity index (χ2v) is 6.91. The molecule has 1 amide bonds. The van der Waals surface area contributed by atoms with Crippen molar-refractivity contribution in [2.75, 3.05) is 25.0 Å². The van der Waals surface area contributed by atoms with Gasteiger partial charge in [-0.15, -0.1) is 0 Å². The lowest BCUT2D eigenvalue weighted by atomic mass is 10.1. The molecule has 1 saturated carbocycles. The van der Waals surface area contributed by atoms with E-state index in [-0.39, 0.29) is 5.69 Å². The molecule has 0 saturated heterocycles. The van der Waals surface area contributed by atoms with Crippen LogP contribution in [0.5, 0.6) is 0 Å². The number of nitro benzene ring substituents is 1. The minimum absolute atomic E-state index is 0.0524. The van der Waals surface area contributed by atoms with Crippen molar-refractivity contribution in [1.82, 2.24) is 4.90 Å². The molecule has 1 aliphatic carbocycles. The standard InChI is InChI=1S/C17H19F6N3O3/c18-16(19,20)9-25(10-17(21,22)23)15(27)12-5-6-13(14(7-12)26(28)29)24-8-11-3-1-2-4-11/h5-7,11,24H,1-4,8-10H2. The van der Waals surface area contributed by atoms with Crippen LogP contribution in [0.3, 0.4) is 0 Å². The van der Waals surface area contributed by atoms with E-state index >= 15 is 0 Å². The third-order valence-electron chi connectivity index (χ3n) is 4.52. The van der Waals surface area contributed by atoms with Gasteiger partial charge < -0.3 is 10.2 Å². The Morgan fingerprint density at radius 1 is 1.10 bits per heavy atom. The molecule has 0 bridgehead atoms. The smallest absolute Gasteiger partial charge is 0.379 e. The minimum atomic E-state index is -5.06. The summed E-state index contributed by atoms with van der Waals surface area (Å²) in [7, 11) is 0. The Labute approximate surface area is 162 Å². The Morgan fingerprint density at radius 2 is 1.66 bits per heavy atom. The van der Waals surface area contributed by atoms with Crippen molar-refractivity contribution < 1.29 is 36.1 Å². The van der Waals surface area contributed by atoms with E-state index in [0.29, 0.717) is 18.5 Å². The fourth-order valence-corrected chi connectivity index (χ4v) is 3.25. The number of carbonyl (C=O) groups is 1. The quantitative estimate of drug-likeness (QED) is 0.387. The zero-order valence-corrected chi connectivity index (χ0v) is 15.1. The number of nitrogens with one attached hydrogen (secondary N) is 1. The number of amides is 1. The van der Waals surface area contributed by atoms with Crippen molar-refractivity contribution in [2.45, 2.75) is 38.0 Å². The van der Waals surface area contributed by atoms with Gasteiger partial charge in [0.15, 0.2) is 0 Å². The van der Waals surface area contributed by atoms with Crippen LogP contribution in [0.4, 0.5) is 37.7 Å². The molecule has 0 radical (unpaired) electrons. The monoisotopic (exact) mass is 427 g/mol. The van der Waals surface area contributed by atoms with E-state index in [1.54, 1.807) is 0 Å². The zero-order chi connectivity index (χ0) is 21.8. The van der Waals surface area contributed by atoms with Crippen molar-refractivity contribution >= 4 is 17.3 Å². The van der Waals surface area contributed by atoms with Crippen LogP contribution in [0.1, 0.15) is 36.0 Å². The maximum atomic E-state index is 12.6. The molecule has 0 aliphatic heterocycles. The van der Waals surface area contributed by atoms with Crippen LogP contribution >= 0.6 is 0 Å². The average Bonchev–Trinajstić information content (AvgIpc) is 3.09. The molecule has 0 atom stereocenters. The van der Waals surface area contributed by atoms with E-state index in [1.807, 2.05) is 0 Å². The number of alkyl halides is 6. The second-order valence-electron chi connectivity index (χ2n) is 6.91. The summed E-state index contributed by atoms with van der Waals surface area (Å²) in [6, 6.07) is 2.80. The van der Waals surface area contributed by atoms with Crippen LogP contribution in [0.2, 0.25) is 0 Å². The molecule has 1 fully saturated rings. The number of carbonyl (C=O) groups excluding carboxylic acids is 1. The van der Waals surface area contributed by atoms with Crippen molar-refractivity contribution in [2.24, 2.45) is 5.92 Å². The van der Waals surface area contributed by atoms with Gasteiger partial charge in [0.2, 0.25) is 0 Å². The molecule has 29 heavy (non-hydrogen) atoms. The lowest BCUT2D eigenvalue weighted by Gasteiger charge is -2.25. The highest BCUT2D eigenvalue weighted by Crippen LogP contribution is 2.30. The minimum Gasteiger partial charge on any atom is -0.379 e. The topological polar surface area (TPSA) is 75.5 Å². The fraction of sp³-hybridized carbons (Fsp3) is 0.588. The number of hydrogen-bond acceptors (Lipinski definition) is 4. The molecule has 0 unspecified atom stereocenters. The summed E-state index contributed by atoms with van der Waals surface area (Å²) in [6.45, 7) is -3.80. The Hall–Kier alpha value is -2.53. The summed E-state index contributed by atoms with van der Waals surface area (Å²) in [4.78, 5) is 22.3. The van der Waals surface area contributed by atoms with Crippen LogP contribution in [-0.2, 0) is 0 Å². The predicted molar refractivity (Wildman–Crippen MR) is 91.6 cm³/mol. The molecule has 0 heterocycles. The molecule has 0 spiro atoms. The fourth-order valence-electron chi connectivity index (χ4n) is 3.25. The molecule has 6 nitrogen and oxygen atoms in total. The lowest BCUT2D eigenvalue weighted by molar-refractivity contribution is -0.384. The molecular formula is C17H19F6N3O3. The van der Waals surface area contributed by atoms with Crippen molar-refractivity contribution in [3.05, 3.63) is 33.9 Å². The van der Waals surface area contributed by atoms with E-state index in [4.69, 9.17) is 0 Å². The van der Waals surface area contributed by atoms with E-state index < -0.39 is 52.4 Å². The number of hydrogen-bond donors (Lipinski definition) is 1. The molecule has 12 heteroatoms. The summed E-state index contributed by atoms with van der Waals surface area (Å²) in [6.07, 6.45) is -6.10. The highest BCUT2D eigenvalue weighted by molar-refractivity contribution is 5.95. The van der Waals surface area contributed by atoms with Crippen LogP contribution in [0.15, 0.2) is 18.2 Å². The van der Waals surface area contributed by atoms with Crippen molar-refractivity contribution in [3.63, 3.8) is 0 Å².